The summed E-state index contributed by atoms with van der Waals surface area (Å²) in [6, 6.07) is 0.669. The molecule has 0 radical (unpaired) electrons. The van der Waals surface area contributed by atoms with Gasteiger partial charge < -0.3 is 4.57 Å². The van der Waals surface area contributed by atoms with Crippen LogP contribution in [0.15, 0.2) is 12.4 Å². The highest BCUT2D eigenvalue weighted by Gasteiger charge is 2.11. The molecule has 0 fully saturated rings. The van der Waals surface area contributed by atoms with Gasteiger partial charge in [0.15, 0.2) is 0 Å². The van der Waals surface area contributed by atoms with E-state index in [0.29, 0.717) is 6.04 Å². The molecule has 1 heterocycles. The maximum absolute atomic E-state index is 4.38. The molecule has 0 spiro atoms. The normalized spacial score (nSPS) is 11.1. The van der Waals surface area contributed by atoms with E-state index < -0.39 is 0 Å². The van der Waals surface area contributed by atoms with Crippen molar-refractivity contribution >= 4 is 0 Å². The average molecular weight is 194 g/mol. The van der Waals surface area contributed by atoms with Crippen molar-refractivity contribution in [1.82, 2.24) is 9.55 Å². The number of hydrogen-bond donors (Lipinski definition) is 0. The van der Waals surface area contributed by atoms with Gasteiger partial charge >= 0.3 is 0 Å². The molecular weight excluding hydrogens is 172 g/mol. The van der Waals surface area contributed by atoms with Crippen LogP contribution in [0.3, 0.4) is 0 Å². The van der Waals surface area contributed by atoms with Gasteiger partial charge in [0, 0.05) is 24.9 Å². The predicted octanol–water partition coefficient (Wildman–Crippen LogP) is 3.59. The highest BCUT2D eigenvalue weighted by atomic mass is 15.1. The van der Waals surface area contributed by atoms with E-state index >= 15 is 0 Å². The van der Waals surface area contributed by atoms with Gasteiger partial charge in [-0.1, -0.05) is 33.6 Å². The zero-order valence-corrected chi connectivity index (χ0v) is 9.66. The lowest BCUT2D eigenvalue weighted by Crippen LogP contribution is -2.11. The molecule has 0 aliphatic heterocycles. The Morgan fingerprint density at radius 3 is 2.36 bits per heavy atom. The first-order valence-corrected chi connectivity index (χ1v) is 5.85. The smallest absolute Gasteiger partial charge is 0.108 e. The first-order chi connectivity index (χ1) is 6.83. The fourth-order valence-electron chi connectivity index (χ4n) is 2.04. The van der Waals surface area contributed by atoms with Crippen LogP contribution in [0.2, 0.25) is 0 Å². The number of imidazole rings is 1. The number of rotatable bonds is 6. The number of aryl methyl sites for hydroxylation is 1. The van der Waals surface area contributed by atoms with Crippen LogP contribution < -0.4 is 0 Å². The Hall–Kier alpha value is -0.790. The van der Waals surface area contributed by atoms with Crippen LogP contribution >= 0.6 is 0 Å². The van der Waals surface area contributed by atoms with Crippen molar-refractivity contribution in [2.45, 2.75) is 58.9 Å². The molecule has 2 heteroatoms. The van der Waals surface area contributed by atoms with Crippen LogP contribution in [0.1, 0.15) is 58.3 Å². The van der Waals surface area contributed by atoms with E-state index in [1.54, 1.807) is 0 Å². The van der Waals surface area contributed by atoms with Crippen molar-refractivity contribution in [3.63, 3.8) is 0 Å². The van der Waals surface area contributed by atoms with Crippen molar-refractivity contribution in [3.8, 4) is 0 Å². The minimum atomic E-state index is 0.669. The molecule has 14 heavy (non-hydrogen) atoms. The summed E-state index contributed by atoms with van der Waals surface area (Å²) in [6.45, 7) is 6.68. The lowest BCUT2D eigenvalue weighted by atomic mass is 10.1. The van der Waals surface area contributed by atoms with E-state index in [4.69, 9.17) is 0 Å². The van der Waals surface area contributed by atoms with Gasteiger partial charge in [-0.05, 0) is 12.8 Å². The first kappa shape index (κ1) is 11.3. The molecule has 0 aromatic carbocycles. The maximum Gasteiger partial charge on any atom is 0.108 e. The van der Waals surface area contributed by atoms with Crippen LogP contribution in [-0.2, 0) is 6.42 Å². The third kappa shape index (κ3) is 2.60. The van der Waals surface area contributed by atoms with E-state index in [1.165, 1.54) is 31.5 Å². The minimum absolute atomic E-state index is 0.669. The maximum atomic E-state index is 4.38. The standard InChI is InChI=1S/C12H22N2/c1-4-7-11(8-5-2)14-10-9-13-12(14)6-3/h9-11H,4-8H2,1-3H3. The topological polar surface area (TPSA) is 17.8 Å². The zero-order chi connectivity index (χ0) is 10.4. The Morgan fingerprint density at radius 1 is 1.21 bits per heavy atom. The Kier molecular flexibility index (Phi) is 4.71. The quantitative estimate of drug-likeness (QED) is 0.676. The number of nitrogens with zero attached hydrogens (tertiary/aromatic N) is 2. The Morgan fingerprint density at radius 2 is 1.86 bits per heavy atom. The molecule has 2 nitrogen and oxygen atoms in total. The monoisotopic (exact) mass is 194 g/mol. The fraction of sp³-hybridized carbons (Fsp3) is 0.750. The van der Waals surface area contributed by atoms with Gasteiger partial charge in [-0.2, -0.15) is 0 Å². The van der Waals surface area contributed by atoms with Gasteiger partial charge in [-0.25, -0.2) is 4.98 Å². The summed E-state index contributed by atoms with van der Waals surface area (Å²) in [6.07, 6.45) is 10.2. The van der Waals surface area contributed by atoms with E-state index in [1.807, 2.05) is 6.20 Å². The Bertz CT molecular complexity index is 247. The summed E-state index contributed by atoms with van der Waals surface area (Å²) in [5, 5.41) is 0. The molecule has 0 N–H and O–H groups in total. The average Bonchev–Trinajstić information content (AvgIpc) is 2.65. The molecule has 0 atom stereocenters. The number of aromatic nitrogens is 2. The van der Waals surface area contributed by atoms with Crippen LogP contribution in [-0.4, -0.2) is 9.55 Å². The highest BCUT2D eigenvalue weighted by Crippen LogP contribution is 2.21. The van der Waals surface area contributed by atoms with Crippen LogP contribution in [0.4, 0.5) is 0 Å². The molecule has 1 aromatic heterocycles. The molecule has 0 unspecified atom stereocenters. The fourth-order valence-corrected chi connectivity index (χ4v) is 2.04. The van der Waals surface area contributed by atoms with E-state index in [-0.39, 0.29) is 0 Å². The zero-order valence-electron chi connectivity index (χ0n) is 9.66. The lowest BCUT2D eigenvalue weighted by molar-refractivity contribution is 0.415. The van der Waals surface area contributed by atoms with Crippen molar-refractivity contribution in [1.29, 1.82) is 0 Å². The molecule has 0 aliphatic rings. The molecule has 1 rings (SSSR count). The second kappa shape index (κ2) is 5.84. The van der Waals surface area contributed by atoms with Gasteiger partial charge in [0.2, 0.25) is 0 Å². The molecule has 0 saturated heterocycles. The van der Waals surface area contributed by atoms with Crippen LogP contribution in [0.5, 0.6) is 0 Å². The number of hydrogen-bond acceptors (Lipinski definition) is 1. The van der Waals surface area contributed by atoms with Gasteiger partial charge in [0.05, 0.1) is 0 Å². The SMILES string of the molecule is CCCC(CCC)n1ccnc1CC. The highest BCUT2D eigenvalue weighted by molar-refractivity contribution is 4.94. The largest absolute Gasteiger partial charge is 0.332 e. The van der Waals surface area contributed by atoms with Crippen molar-refractivity contribution in [2.24, 2.45) is 0 Å². The molecule has 0 bridgehead atoms. The van der Waals surface area contributed by atoms with E-state index in [0.717, 1.165) is 6.42 Å². The van der Waals surface area contributed by atoms with E-state index in [9.17, 15) is 0 Å². The van der Waals surface area contributed by atoms with Crippen molar-refractivity contribution < 1.29 is 0 Å². The summed E-state index contributed by atoms with van der Waals surface area (Å²) in [5.74, 6) is 1.23. The summed E-state index contributed by atoms with van der Waals surface area (Å²) in [4.78, 5) is 4.38. The van der Waals surface area contributed by atoms with Crippen molar-refractivity contribution in [3.05, 3.63) is 18.2 Å². The molecule has 0 amide bonds. The van der Waals surface area contributed by atoms with Gasteiger partial charge in [0.25, 0.3) is 0 Å². The Labute approximate surface area is 87.4 Å². The van der Waals surface area contributed by atoms with Gasteiger partial charge in [-0.15, -0.1) is 0 Å². The van der Waals surface area contributed by atoms with Gasteiger partial charge in [0.1, 0.15) is 5.82 Å². The summed E-state index contributed by atoms with van der Waals surface area (Å²) >= 11 is 0. The third-order valence-electron chi connectivity index (χ3n) is 2.70. The van der Waals surface area contributed by atoms with E-state index in [2.05, 4.69) is 36.5 Å². The lowest BCUT2D eigenvalue weighted by Gasteiger charge is -2.19. The second-order valence-corrected chi connectivity index (χ2v) is 3.84. The molecule has 0 saturated carbocycles. The van der Waals surface area contributed by atoms with Crippen LogP contribution in [0.25, 0.3) is 0 Å². The molecule has 0 aliphatic carbocycles. The summed E-state index contributed by atoms with van der Waals surface area (Å²) in [5.41, 5.74) is 0. The predicted molar refractivity (Wildman–Crippen MR) is 60.5 cm³/mol. The minimum Gasteiger partial charge on any atom is -0.332 e. The van der Waals surface area contributed by atoms with Crippen molar-refractivity contribution in [2.75, 3.05) is 0 Å². The first-order valence-electron chi connectivity index (χ1n) is 5.85. The summed E-state index contributed by atoms with van der Waals surface area (Å²) in [7, 11) is 0. The van der Waals surface area contributed by atoms with Crippen LogP contribution in [0, 0.1) is 0 Å². The Balaban J connectivity index is 2.75. The molecular formula is C12H22N2. The summed E-state index contributed by atoms with van der Waals surface area (Å²) < 4.78 is 2.37. The second-order valence-electron chi connectivity index (χ2n) is 3.84. The third-order valence-corrected chi connectivity index (χ3v) is 2.70. The molecule has 1 aromatic rings. The molecule has 80 valence electrons. The van der Waals surface area contributed by atoms with Gasteiger partial charge in [-0.3, -0.25) is 0 Å².